The monoisotopic (exact) mass is 629 g/mol. The zero-order valence-electron chi connectivity index (χ0n) is 27.1. The van der Waals surface area contributed by atoms with Crippen LogP contribution in [-0.4, -0.2) is 92.7 Å². The number of anilines is 3. The molecule has 0 spiro atoms. The second kappa shape index (κ2) is 15.0. The van der Waals surface area contributed by atoms with Gasteiger partial charge in [-0.1, -0.05) is 32.1 Å². The lowest BCUT2D eigenvalue weighted by Crippen LogP contribution is -2.49. The molecular weight excluding hydrogens is 582 g/mol. The average molecular weight is 630 g/mol. The number of carbonyl (C=O) groups excluding carboxylic acids is 2. The number of ether oxygens (including phenoxy) is 1. The van der Waals surface area contributed by atoms with Gasteiger partial charge in [-0.05, 0) is 81.6 Å². The van der Waals surface area contributed by atoms with Gasteiger partial charge in [0.1, 0.15) is 6.04 Å². The third-order valence-corrected chi connectivity index (χ3v) is 9.13. The second-order valence-corrected chi connectivity index (χ2v) is 12.9. The van der Waals surface area contributed by atoms with Crippen LogP contribution >= 0.6 is 0 Å². The summed E-state index contributed by atoms with van der Waals surface area (Å²) in [6, 6.07) is 7.55. The highest BCUT2D eigenvalue weighted by atomic mass is 16.5. The molecule has 2 amide bonds. The topological polar surface area (TPSA) is 129 Å². The number of aromatic nitrogens is 4. The molecule has 12 heteroatoms. The predicted molar refractivity (Wildman–Crippen MR) is 179 cm³/mol. The van der Waals surface area contributed by atoms with Crippen LogP contribution in [0.2, 0.25) is 0 Å². The summed E-state index contributed by atoms with van der Waals surface area (Å²) in [5.41, 5.74) is 3.51. The summed E-state index contributed by atoms with van der Waals surface area (Å²) in [5.74, 6) is 1.19. The zero-order chi connectivity index (χ0) is 31.9. The Kier molecular flexibility index (Phi) is 10.4. The molecule has 3 N–H and O–H groups in total. The van der Waals surface area contributed by atoms with Crippen LogP contribution in [0.15, 0.2) is 42.6 Å². The Balaban J connectivity index is 1.11. The summed E-state index contributed by atoms with van der Waals surface area (Å²) in [5, 5.41) is 14.6. The summed E-state index contributed by atoms with van der Waals surface area (Å²) >= 11 is 0. The van der Waals surface area contributed by atoms with Gasteiger partial charge in [-0.15, -0.1) is 0 Å². The molecule has 0 aliphatic carbocycles. The zero-order valence-corrected chi connectivity index (χ0v) is 27.1. The number of fused-ring (bicyclic) bond motifs is 1. The van der Waals surface area contributed by atoms with Gasteiger partial charge in [0, 0.05) is 56.2 Å². The van der Waals surface area contributed by atoms with Crippen LogP contribution in [0, 0.1) is 0 Å². The number of piperidine rings is 1. The van der Waals surface area contributed by atoms with E-state index in [9.17, 15) is 9.59 Å². The maximum absolute atomic E-state index is 13.5. The molecule has 0 bridgehead atoms. The molecule has 12 nitrogen and oxygen atoms in total. The van der Waals surface area contributed by atoms with Crippen molar-refractivity contribution in [2.45, 2.75) is 83.3 Å². The van der Waals surface area contributed by atoms with Crippen molar-refractivity contribution in [3.05, 3.63) is 53.7 Å². The van der Waals surface area contributed by atoms with E-state index in [1.54, 1.807) is 15.5 Å². The van der Waals surface area contributed by atoms with Gasteiger partial charge in [-0.3, -0.25) is 14.5 Å². The lowest BCUT2D eigenvalue weighted by molar-refractivity contribution is -0.136. The molecule has 0 radical (unpaired) electrons. The number of hydrogen-bond acceptors (Lipinski definition) is 9. The molecule has 246 valence electrons. The standard InChI is InChI=1S/C34H47N9O3/c1-24(2)28-23-36-43-31(28)39-33(38-26-13-19-46-20-14-26)40-34(43)35-22-25-9-7-10-27(21-25)37-32(45)29-11-3-4-18-42(29)30(44)12-8-17-41-15-5-6-16-41/h7-10,12,21,23-24,26,29H,3-6,11,13-20,22H2,1-2H3,(H,37,45)(H2,35,38,39,40). The minimum Gasteiger partial charge on any atom is -0.381 e. The van der Waals surface area contributed by atoms with Crippen LogP contribution in [0.5, 0.6) is 0 Å². The maximum Gasteiger partial charge on any atom is 0.247 e. The van der Waals surface area contributed by atoms with Crippen molar-refractivity contribution in [3.8, 4) is 0 Å². The number of amides is 2. The summed E-state index contributed by atoms with van der Waals surface area (Å²) in [6.45, 7) is 9.74. The molecule has 6 rings (SSSR count). The van der Waals surface area contributed by atoms with Crippen LogP contribution < -0.4 is 16.0 Å². The third kappa shape index (κ3) is 7.84. The Morgan fingerprint density at radius 3 is 2.65 bits per heavy atom. The molecule has 2 aromatic heterocycles. The normalized spacial score (nSPS) is 19.7. The highest BCUT2D eigenvalue weighted by Crippen LogP contribution is 2.24. The van der Waals surface area contributed by atoms with Crippen molar-refractivity contribution in [1.29, 1.82) is 0 Å². The van der Waals surface area contributed by atoms with E-state index in [1.807, 2.05) is 36.5 Å². The first-order valence-electron chi connectivity index (χ1n) is 16.9. The first-order valence-corrected chi connectivity index (χ1v) is 16.9. The SMILES string of the molecule is CC(C)c1cnn2c(NCc3cccc(NC(=O)C4CCCCN4C(=O)C=CCN4CCCC4)c3)nc(NC3CCOCC3)nc12. The summed E-state index contributed by atoms with van der Waals surface area (Å²) in [4.78, 5) is 40.2. The van der Waals surface area contributed by atoms with E-state index >= 15 is 0 Å². The predicted octanol–water partition coefficient (Wildman–Crippen LogP) is 4.42. The Morgan fingerprint density at radius 1 is 1.04 bits per heavy atom. The minimum atomic E-state index is -0.481. The molecule has 1 unspecified atom stereocenters. The number of carbonyl (C=O) groups is 2. The van der Waals surface area contributed by atoms with Crippen molar-refractivity contribution in [1.82, 2.24) is 29.4 Å². The summed E-state index contributed by atoms with van der Waals surface area (Å²) in [7, 11) is 0. The van der Waals surface area contributed by atoms with Crippen molar-refractivity contribution in [3.63, 3.8) is 0 Å². The van der Waals surface area contributed by atoms with Crippen molar-refractivity contribution >= 4 is 35.0 Å². The summed E-state index contributed by atoms with van der Waals surface area (Å²) in [6.07, 6.45) is 12.2. The van der Waals surface area contributed by atoms with E-state index < -0.39 is 6.04 Å². The van der Waals surface area contributed by atoms with Crippen LogP contribution in [0.4, 0.5) is 17.6 Å². The quantitative estimate of drug-likeness (QED) is 0.264. The van der Waals surface area contributed by atoms with Crippen molar-refractivity contribution in [2.24, 2.45) is 0 Å². The fraction of sp³-hybridized carbons (Fsp3) is 0.559. The van der Waals surface area contributed by atoms with Gasteiger partial charge in [0.15, 0.2) is 5.65 Å². The molecule has 3 aliphatic rings. The number of nitrogens with one attached hydrogen (secondary N) is 3. The molecule has 3 fully saturated rings. The van der Waals surface area contributed by atoms with E-state index in [0.717, 1.165) is 75.3 Å². The molecule has 3 aliphatic heterocycles. The molecule has 3 aromatic rings. The Hall–Kier alpha value is -4.03. The smallest absolute Gasteiger partial charge is 0.247 e. The molecule has 1 aromatic carbocycles. The van der Waals surface area contributed by atoms with Gasteiger partial charge in [-0.2, -0.15) is 19.6 Å². The molecule has 5 heterocycles. The molecule has 46 heavy (non-hydrogen) atoms. The van der Waals surface area contributed by atoms with Gasteiger partial charge in [0.2, 0.25) is 23.7 Å². The van der Waals surface area contributed by atoms with E-state index in [2.05, 4.69) is 39.8 Å². The summed E-state index contributed by atoms with van der Waals surface area (Å²) < 4.78 is 7.27. The van der Waals surface area contributed by atoms with Gasteiger partial charge in [-0.25, -0.2) is 0 Å². The van der Waals surface area contributed by atoms with Gasteiger partial charge in [0.05, 0.1) is 6.20 Å². The Labute approximate surface area is 271 Å². The Morgan fingerprint density at radius 2 is 1.85 bits per heavy atom. The Bertz CT molecular complexity index is 1530. The second-order valence-electron chi connectivity index (χ2n) is 12.9. The lowest BCUT2D eigenvalue weighted by Gasteiger charge is -2.34. The fourth-order valence-corrected chi connectivity index (χ4v) is 6.50. The highest BCUT2D eigenvalue weighted by Gasteiger charge is 2.31. The number of likely N-dealkylation sites (tertiary alicyclic amines) is 2. The fourth-order valence-electron chi connectivity index (χ4n) is 6.50. The highest BCUT2D eigenvalue weighted by molar-refractivity contribution is 5.99. The van der Waals surface area contributed by atoms with E-state index in [4.69, 9.17) is 14.7 Å². The number of hydrogen-bond donors (Lipinski definition) is 3. The first kappa shape index (κ1) is 31.9. The number of benzene rings is 1. The molecule has 1 atom stereocenters. The minimum absolute atomic E-state index is 0.0851. The van der Waals surface area contributed by atoms with Gasteiger partial charge >= 0.3 is 0 Å². The van der Waals surface area contributed by atoms with E-state index in [0.29, 0.717) is 37.1 Å². The molecular formula is C34H47N9O3. The van der Waals surface area contributed by atoms with E-state index in [-0.39, 0.29) is 23.8 Å². The third-order valence-electron chi connectivity index (χ3n) is 9.13. The number of rotatable bonds is 11. The lowest BCUT2D eigenvalue weighted by atomic mass is 10.0. The maximum atomic E-state index is 13.5. The van der Waals surface area contributed by atoms with Crippen molar-refractivity contribution in [2.75, 3.05) is 55.3 Å². The van der Waals surface area contributed by atoms with Crippen LogP contribution in [0.25, 0.3) is 5.65 Å². The molecule has 0 saturated carbocycles. The molecule has 3 saturated heterocycles. The first-order chi connectivity index (χ1) is 22.4. The van der Waals surface area contributed by atoms with Crippen LogP contribution in [0.3, 0.4) is 0 Å². The van der Waals surface area contributed by atoms with Gasteiger partial charge < -0.3 is 25.6 Å². The van der Waals surface area contributed by atoms with Gasteiger partial charge in [0.25, 0.3) is 0 Å². The van der Waals surface area contributed by atoms with Crippen LogP contribution in [-0.2, 0) is 20.9 Å². The average Bonchev–Trinajstić information content (AvgIpc) is 3.75. The van der Waals surface area contributed by atoms with Crippen LogP contribution in [0.1, 0.15) is 75.8 Å². The van der Waals surface area contributed by atoms with Crippen molar-refractivity contribution < 1.29 is 14.3 Å². The van der Waals surface area contributed by atoms with E-state index in [1.165, 1.54) is 12.8 Å². The number of nitrogens with zero attached hydrogens (tertiary/aromatic N) is 6. The largest absolute Gasteiger partial charge is 0.381 e.